The number of piperidine rings is 1. The predicted octanol–water partition coefficient (Wildman–Crippen LogP) is 2.44. The van der Waals surface area contributed by atoms with Crippen molar-refractivity contribution in [2.24, 2.45) is 5.92 Å². The molecule has 2 unspecified atom stereocenters. The molecule has 1 aromatic heterocycles. The van der Waals surface area contributed by atoms with Gasteiger partial charge < -0.3 is 10.2 Å². The molecule has 7 nitrogen and oxygen atoms in total. The lowest BCUT2D eigenvalue weighted by Gasteiger charge is -2.37. The first-order chi connectivity index (χ1) is 9.54. The summed E-state index contributed by atoms with van der Waals surface area (Å²) in [6, 6.07) is 0.252. The Bertz CT molecular complexity index is 494. The van der Waals surface area contributed by atoms with Crippen molar-refractivity contribution in [2.75, 3.05) is 23.3 Å². The molecule has 0 aliphatic carbocycles. The first-order valence-electron chi connectivity index (χ1n) is 7.04. The largest absolute Gasteiger partial charge is 0.364 e. The zero-order valence-electron chi connectivity index (χ0n) is 12.2. The van der Waals surface area contributed by atoms with Crippen LogP contribution in [0.2, 0.25) is 0 Å². The van der Waals surface area contributed by atoms with Crippen molar-refractivity contribution in [1.29, 1.82) is 0 Å². The molecule has 1 fully saturated rings. The molecule has 0 spiro atoms. The second kappa shape index (κ2) is 6.02. The van der Waals surface area contributed by atoms with Crippen LogP contribution in [0.4, 0.5) is 17.3 Å². The Morgan fingerprint density at radius 1 is 1.50 bits per heavy atom. The minimum Gasteiger partial charge on any atom is -0.364 e. The highest BCUT2D eigenvalue weighted by Gasteiger charge is 2.32. The number of nitro groups is 1. The fourth-order valence-corrected chi connectivity index (χ4v) is 2.77. The summed E-state index contributed by atoms with van der Waals surface area (Å²) < 4.78 is 0. The highest BCUT2D eigenvalue weighted by Crippen LogP contribution is 2.35. The maximum absolute atomic E-state index is 11.4. The summed E-state index contributed by atoms with van der Waals surface area (Å²) in [5, 5.41) is 14.3. The molecule has 110 valence electrons. The van der Waals surface area contributed by atoms with E-state index in [4.69, 9.17) is 0 Å². The summed E-state index contributed by atoms with van der Waals surface area (Å²) in [5.74, 6) is 1.38. The van der Waals surface area contributed by atoms with Crippen LogP contribution in [0.25, 0.3) is 0 Å². The van der Waals surface area contributed by atoms with Gasteiger partial charge in [-0.05, 0) is 32.6 Å². The molecule has 0 bridgehead atoms. The van der Waals surface area contributed by atoms with Crippen molar-refractivity contribution >= 4 is 17.3 Å². The van der Waals surface area contributed by atoms with Crippen molar-refractivity contribution in [3.8, 4) is 0 Å². The number of hydrogen-bond donors (Lipinski definition) is 1. The lowest BCUT2D eigenvalue weighted by Crippen LogP contribution is -2.41. The van der Waals surface area contributed by atoms with E-state index in [0.717, 1.165) is 19.4 Å². The van der Waals surface area contributed by atoms with Crippen LogP contribution in [-0.2, 0) is 0 Å². The molecule has 1 aliphatic heterocycles. The molecule has 1 aliphatic rings. The summed E-state index contributed by atoms with van der Waals surface area (Å²) in [4.78, 5) is 21.2. The van der Waals surface area contributed by atoms with Gasteiger partial charge in [-0.15, -0.1) is 0 Å². The van der Waals surface area contributed by atoms with Gasteiger partial charge in [-0.3, -0.25) is 10.1 Å². The van der Waals surface area contributed by atoms with Crippen LogP contribution in [0.15, 0.2) is 6.33 Å². The van der Waals surface area contributed by atoms with Gasteiger partial charge in [0.05, 0.1) is 4.92 Å². The Kier molecular flexibility index (Phi) is 4.36. The first-order valence-corrected chi connectivity index (χ1v) is 7.04. The molecule has 0 aromatic carbocycles. The third-order valence-electron chi connectivity index (χ3n) is 3.74. The Balaban J connectivity index is 2.40. The van der Waals surface area contributed by atoms with Crippen molar-refractivity contribution in [1.82, 2.24) is 9.97 Å². The van der Waals surface area contributed by atoms with Gasteiger partial charge in [0.1, 0.15) is 6.33 Å². The van der Waals surface area contributed by atoms with Crippen molar-refractivity contribution in [2.45, 2.75) is 39.7 Å². The molecular weight excluding hydrogens is 258 g/mol. The lowest BCUT2D eigenvalue weighted by atomic mass is 9.93. The van der Waals surface area contributed by atoms with E-state index in [1.807, 2.05) is 11.8 Å². The van der Waals surface area contributed by atoms with Crippen molar-refractivity contribution < 1.29 is 4.92 Å². The van der Waals surface area contributed by atoms with Crippen molar-refractivity contribution in [3.63, 3.8) is 0 Å². The minimum atomic E-state index is -0.391. The standard InChI is InChI=1S/C13H21N5O2/c1-4-14-12-11(18(19)20)13(16-8-15-12)17-6-5-9(2)7-10(17)3/h8-10H,4-7H2,1-3H3,(H,14,15,16). The van der Waals surface area contributed by atoms with Crippen LogP contribution in [0.5, 0.6) is 0 Å². The van der Waals surface area contributed by atoms with Crippen LogP contribution in [-0.4, -0.2) is 34.0 Å². The number of hydrogen-bond acceptors (Lipinski definition) is 6. The summed E-state index contributed by atoms with van der Waals surface area (Å²) in [7, 11) is 0. The van der Waals surface area contributed by atoms with Gasteiger partial charge in [0, 0.05) is 19.1 Å². The van der Waals surface area contributed by atoms with Crippen LogP contribution < -0.4 is 10.2 Å². The van der Waals surface area contributed by atoms with E-state index >= 15 is 0 Å². The topological polar surface area (TPSA) is 84.2 Å². The lowest BCUT2D eigenvalue weighted by molar-refractivity contribution is -0.383. The fourth-order valence-electron chi connectivity index (χ4n) is 2.77. The molecule has 0 amide bonds. The van der Waals surface area contributed by atoms with Crippen molar-refractivity contribution in [3.05, 3.63) is 16.4 Å². The van der Waals surface area contributed by atoms with E-state index in [9.17, 15) is 10.1 Å². The average molecular weight is 279 g/mol. The summed E-state index contributed by atoms with van der Waals surface area (Å²) >= 11 is 0. The summed E-state index contributed by atoms with van der Waals surface area (Å²) in [6.07, 6.45) is 3.45. The van der Waals surface area contributed by atoms with Gasteiger partial charge in [-0.1, -0.05) is 6.92 Å². The molecule has 2 heterocycles. The Hall–Kier alpha value is -1.92. The quantitative estimate of drug-likeness (QED) is 0.673. The number of aromatic nitrogens is 2. The van der Waals surface area contributed by atoms with E-state index < -0.39 is 4.92 Å². The third-order valence-corrected chi connectivity index (χ3v) is 3.74. The molecule has 20 heavy (non-hydrogen) atoms. The monoisotopic (exact) mass is 279 g/mol. The highest BCUT2D eigenvalue weighted by atomic mass is 16.6. The molecule has 2 atom stereocenters. The van der Waals surface area contributed by atoms with Gasteiger partial charge in [-0.25, -0.2) is 9.97 Å². The van der Waals surface area contributed by atoms with Gasteiger partial charge in [0.25, 0.3) is 0 Å². The normalized spacial score (nSPS) is 22.6. The van der Waals surface area contributed by atoms with E-state index in [1.54, 1.807) is 0 Å². The van der Waals surface area contributed by atoms with Gasteiger partial charge >= 0.3 is 5.69 Å². The van der Waals surface area contributed by atoms with E-state index in [2.05, 4.69) is 29.1 Å². The number of anilines is 2. The van der Waals surface area contributed by atoms with Gasteiger partial charge in [-0.2, -0.15) is 0 Å². The Morgan fingerprint density at radius 2 is 2.25 bits per heavy atom. The number of nitrogens with one attached hydrogen (secondary N) is 1. The molecule has 1 N–H and O–H groups in total. The SMILES string of the molecule is CCNc1ncnc(N2CCC(C)CC2C)c1[N+](=O)[O-]. The van der Waals surface area contributed by atoms with Crippen LogP contribution in [0, 0.1) is 16.0 Å². The zero-order chi connectivity index (χ0) is 14.7. The molecule has 7 heteroatoms. The smallest absolute Gasteiger partial charge is 0.353 e. The van der Waals surface area contributed by atoms with E-state index in [0.29, 0.717) is 24.1 Å². The second-order valence-electron chi connectivity index (χ2n) is 5.35. The van der Waals surface area contributed by atoms with Crippen LogP contribution >= 0.6 is 0 Å². The highest BCUT2D eigenvalue weighted by molar-refractivity contribution is 5.70. The zero-order valence-corrected chi connectivity index (χ0v) is 12.2. The molecule has 0 radical (unpaired) electrons. The fraction of sp³-hybridized carbons (Fsp3) is 0.692. The minimum absolute atomic E-state index is 0.0178. The Labute approximate surface area is 118 Å². The Morgan fingerprint density at radius 3 is 2.85 bits per heavy atom. The molecule has 1 saturated heterocycles. The maximum atomic E-state index is 11.4. The van der Waals surface area contributed by atoms with E-state index in [1.165, 1.54) is 6.33 Å². The molecule has 1 aromatic rings. The maximum Gasteiger partial charge on any atom is 0.353 e. The molecule has 0 saturated carbocycles. The number of rotatable bonds is 4. The third kappa shape index (κ3) is 2.81. The summed E-state index contributed by atoms with van der Waals surface area (Å²) in [5.41, 5.74) is -0.0178. The van der Waals surface area contributed by atoms with Gasteiger partial charge in [0.15, 0.2) is 0 Å². The summed E-state index contributed by atoms with van der Waals surface area (Å²) in [6.45, 7) is 7.58. The first kappa shape index (κ1) is 14.5. The van der Waals surface area contributed by atoms with E-state index in [-0.39, 0.29) is 11.7 Å². The average Bonchev–Trinajstić information content (AvgIpc) is 2.38. The number of nitrogens with zero attached hydrogens (tertiary/aromatic N) is 4. The predicted molar refractivity (Wildman–Crippen MR) is 78.1 cm³/mol. The molecular formula is C13H21N5O2. The second-order valence-corrected chi connectivity index (χ2v) is 5.35. The van der Waals surface area contributed by atoms with Gasteiger partial charge in [0.2, 0.25) is 11.6 Å². The molecule has 2 rings (SSSR count). The van der Waals surface area contributed by atoms with Crippen LogP contribution in [0.3, 0.4) is 0 Å². The van der Waals surface area contributed by atoms with Crippen LogP contribution in [0.1, 0.15) is 33.6 Å².